The van der Waals surface area contributed by atoms with Crippen LogP contribution in [0.4, 0.5) is 16.2 Å². The molecule has 11 heteroatoms. The topological polar surface area (TPSA) is 114 Å². The lowest BCUT2D eigenvalue weighted by molar-refractivity contribution is -0.127. The number of amides is 4. The Morgan fingerprint density at radius 1 is 0.925 bits per heavy atom. The van der Waals surface area contributed by atoms with Gasteiger partial charge in [-0.2, -0.15) is 0 Å². The number of nitrogens with one attached hydrogen (secondary N) is 2. The summed E-state index contributed by atoms with van der Waals surface area (Å²) in [6.45, 7) is 1.42. The van der Waals surface area contributed by atoms with Crippen LogP contribution in [0.1, 0.15) is 18.1 Å². The second-order valence-corrected chi connectivity index (χ2v) is 10.5. The maximum atomic E-state index is 12.9. The molecule has 0 aliphatic carbocycles. The lowest BCUT2D eigenvalue weighted by Gasteiger charge is -2.13. The zero-order chi connectivity index (χ0) is 28.6. The zero-order valence-corrected chi connectivity index (χ0v) is 24.1. The maximum Gasteiger partial charge on any atom is 0.294 e. The van der Waals surface area contributed by atoms with Gasteiger partial charge < -0.3 is 20.1 Å². The van der Waals surface area contributed by atoms with Gasteiger partial charge in [0.05, 0.1) is 12.0 Å². The van der Waals surface area contributed by atoms with Gasteiger partial charge in [0, 0.05) is 15.8 Å². The first-order chi connectivity index (χ1) is 19.2. The molecule has 3 aromatic carbocycles. The van der Waals surface area contributed by atoms with Crippen molar-refractivity contribution in [1.82, 2.24) is 4.90 Å². The molecule has 0 aromatic heterocycles. The molecule has 40 heavy (non-hydrogen) atoms. The number of hydrogen-bond donors (Lipinski definition) is 2. The van der Waals surface area contributed by atoms with E-state index in [-0.39, 0.29) is 17.4 Å². The first-order valence-electron chi connectivity index (χ1n) is 12.3. The number of ether oxygens (including phenoxy) is 2. The molecule has 4 rings (SSSR count). The second-order valence-electron chi connectivity index (χ2n) is 8.62. The summed E-state index contributed by atoms with van der Waals surface area (Å²) in [5, 5.41) is 4.91. The Morgan fingerprint density at radius 3 is 2.23 bits per heavy atom. The van der Waals surface area contributed by atoms with Crippen LogP contribution in [0.25, 0.3) is 6.08 Å². The number of halogens is 1. The van der Waals surface area contributed by atoms with E-state index in [0.29, 0.717) is 28.4 Å². The quantitative estimate of drug-likeness (QED) is 0.278. The van der Waals surface area contributed by atoms with E-state index >= 15 is 0 Å². The van der Waals surface area contributed by atoms with Gasteiger partial charge in [-0.15, -0.1) is 0 Å². The molecule has 0 radical (unpaired) electrons. The number of carbonyl (C=O) groups is 4. The number of rotatable bonds is 10. The molecule has 0 atom stereocenters. The standard InChI is InChI=1S/C29H26BrN3O6S/c1-3-18-4-9-21(10-5-18)32-27(35)17-39-23-13-6-19(14-24(23)38-2)15-25-28(36)33(29(37)40-25)16-26(34)31-22-11-7-20(30)8-12-22/h4-15H,3,16-17H2,1-2H3,(H,31,34)(H,32,35)/b25-15-. The Labute approximate surface area is 244 Å². The number of hydrogen-bond acceptors (Lipinski definition) is 7. The summed E-state index contributed by atoms with van der Waals surface area (Å²) in [4.78, 5) is 51.1. The Bertz CT molecular complexity index is 1460. The van der Waals surface area contributed by atoms with Gasteiger partial charge in [0.25, 0.3) is 17.1 Å². The number of anilines is 2. The van der Waals surface area contributed by atoms with Crippen molar-refractivity contribution >= 4 is 68.1 Å². The fourth-order valence-electron chi connectivity index (χ4n) is 3.72. The molecule has 1 saturated heterocycles. The third-order valence-corrected chi connectivity index (χ3v) is 7.23. The highest BCUT2D eigenvalue weighted by molar-refractivity contribution is 9.10. The van der Waals surface area contributed by atoms with Crippen molar-refractivity contribution in [3.63, 3.8) is 0 Å². The van der Waals surface area contributed by atoms with Gasteiger partial charge in [-0.3, -0.25) is 24.1 Å². The SMILES string of the molecule is CCc1ccc(NC(=O)COc2ccc(/C=C3\SC(=O)N(CC(=O)Nc4ccc(Br)cc4)C3=O)cc2OC)cc1. The Hall–Kier alpha value is -4.09. The fraction of sp³-hybridized carbons (Fsp3) is 0.172. The molecule has 0 spiro atoms. The van der Waals surface area contributed by atoms with Gasteiger partial charge in [-0.25, -0.2) is 0 Å². The van der Waals surface area contributed by atoms with Crippen molar-refractivity contribution < 1.29 is 28.7 Å². The van der Waals surface area contributed by atoms with Crippen molar-refractivity contribution in [1.29, 1.82) is 0 Å². The molecule has 9 nitrogen and oxygen atoms in total. The van der Waals surface area contributed by atoms with E-state index in [9.17, 15) is 19.2 Å². The molecule has 0 unspecified atom stereocenters. The first kappa shape index (κ1) is 28.9. The van der Waals surface area contributed by atoms with Gasteiger partial charge in [0.1, 0.15) is 6.54 Å². The Kier molecular flexibility index (Phi) is 9.62. The van der Waals surface area contributed by atoms with E-state index in [2.05, 4.69) is 33.5 Å². The van der Waals surface area contributed by atoms with Crippen molar-refractivity contribution in [2.24, 2.45) is 0 Å². The van der Waals surface area contributed by atoms with Gasteiger partial charge in [-0.05, 0) is 83.9 Å². The van der Waals surface area contributed by atoms with Crippen molar-refractivity contribution in [2.75, 3.05) is 30.9 Å². The molecule has 1 heterocycles. The van der Waals surface area contributed by atoms with E-state index in [0.717, 1.165) is 27.6 Å². The Morgan fingerprint density at radius 2 is 1.57 bits per heavy atom. The third kappa shape index (κ3) is 7.51. The number of thioether (sulfide) groups is 1. The largest absolute Gasteiger partial charge is 0.493 e. The van der Waals surface area contributed by atoms with Crippen LogP contribution in [0.15, 0.2) is 76.1 Å². The summed E-state index contributed by atoms with van der Waals surface area (Å²) < 4.78 is 11.9. The monoisotopic (exact) mass is 623 g/mol. The van der Waals surface area contributed by atoms with Crippen LogP contribution < -0.4 is 20.1 Å². The highest BCUT2D eigenvalue weighted by atomic mass is 79.9. The predicted octanol–water partition coefficient (Wildman–Crippen LogP) is 5.71. The van der Waals surface area contributed by atoms with E-state index in [1.807, 2.05) is 24.3 Å². The van der Waals surface area contributed by atoms with Gasteiger partial charge in [0.15, 0.2) is 18.1 Å². The van der Waals surface area contributed by atoms with Crippen LogP contribution >= 0.6 is 27.7 Å². The normalized spacial score (nSPS) is 13.9. The average molecular weight is 625 g/mol. The van der Waals surface area contributed by atoms with Crippen LogP contribution in [0, 0.1) is 0 Å². The molecule has 206 valence electrons. The molecule has 3 aromatic rings. The molecule has 1 aliphatic rings. The van der Waals surface area contributed by atoms with Crippen LogP contribution in [0.3, 0.4) is 0 Å². The second kappa shape index (κ2) is 13.3. The van der Waals surface area contributed by atoms with E-state index in [1.165, 1.54) is 18.7 Å². The molecule has 4 amide bonds. The molecule has 0 saturated carbocycles. The van der Waals surface area contributed by atoms with Crippen LogP contribution in [0.2, 0.25) is 0 Å². The third-order valence-electron chi connectivity index (χ3n) is 5.79. The molecular formula is C29H26BrN3O6S. The Balaban J connectivity index is 1.36. The summed E-state index contributed by atoms with van der Waals surface area (Å²) in [7, 11) is 1.46. The minimum absolute atomic E-state index is 0.172. The minimum atomic E-state index is -0.566. The van der Waals surface area contributed by atoms with E-state index < -0.39 is 23.6 Å². The predicted molar refractivity (Wildman–Crippen MR) is 158 cm³/mol. The minimum Gasteiger partial charge on any atom is -0.493 e. The van der Waals surface area contributed by atoms with Crippen molar-refractivity contribution in [2.45, 2.75) is 13.3 Å². The lowest BCUT2D eigenvalue weighted by atomic mass is 10.1. The zero-order valence-electron chi connectivity index (χ0n) is 21.7. The van der Waals surface area contributed by atoms with Gasteiger partial charge in [-0.1, -0.05) is 41.1 Å². The van der Waals surface area contributed by atoms with Crippen molar-refractivity contribution in [3.05, 3.63) is 87.2 Å². The average Bonchev–Trinajstić information content (AvgIpc) is 3.21. The smallest absolute Gasteiger partial charge is 0.294 e. The number of carbonyl (C=O) groups excluding carboxylic acids is 4. The van der Waals surface area contributed by atoms with Crippen LogP contribution in [-0.4, -0.2) is 48.1 Å². The molecule has 1 fully saturated rings. The molecule has 2 N–H and O–H groups in total. The number of benzene rings is 3. The lowest BCUT2D eigenvalue weighted by Crippen LogP contribution is -2.36. The summed E-state index contributed by atoms with van der Waals surface area (Å²) >= 11 is 4.07. The van der Waals surface area contributed by atoms with Gasteiger partial charge >= 0.3 is 0 Å². The number of imide groups is 1. The molecular weight excluding hydrogens is 598 g/mol. The van der Waals surface area contributed by atoms with E-state index in [1.54, 1.807) is 42.5 Å². The first-order valence-corrected chi connectivity index (χ1v) is 13.9. The van der Waals surface area contributed by atoms with Crippen molar-refractivity contribution in [3.8, 4) is 11.5 Å². The number of methoxy groups -OCH3 is 1. The fourth-order valence-corrected chi connectivity index (χ4v) is 4.82. The van der Waals surface area contributed by atoms with Gasteiger partial charge in [0.2, 0.25) is 5.91 Å². The summed E-state index contributed by atoms with van der Waals surface area (Å²) in [6, 6.07) is 19.4. The maximum absolute atomic E-state index is 12.9. The van der Waals surface area contributed by atoms with Crippen LogP contribution in [0.5, 0.6) is 11.5 Å². The highest BCUT2D eigenvalue weighted by Gasteiger charge is 2.36. The number of nitrogens with zero attached hydrogens (tertiary/aromatic N) is 1. The summed E-state index contributed by atoms with van der Waals surface area (Å²) in [5.74, 6) is -0.691. The van der Waals surface area contributed by atoms with E-state index in [4.69, 9.17) is 9.47 Å². The highest BCUT2D eigenvalue weighted by Crippen LogP contribution is 2.34. The summed E-state index contributed by atoms with van der Waals surface area (Å²) in [5.41, 5.74) is 2.97. The number of aryl methyl sites for hydroxylation is 1. The molecule has 1 aliphatic heterocycles. The van der Waals surface area contributed by atoms with Crippen LogP contribution in [-0.2, 0) is 20.8 Å². The summed E-state index contributed by atoms with van der Waals surface area (Å²) in [6.07, 6.45) is 2.45. The molecule has 0 bridgehead atoms.